The normalized spacial score (nSPS) is 23.4. The minimum atomic E-state index is -1.01. The van der Waals surface area contributed by atoms with E-state index in [0.717, 1.165) is 12.8 Å². The summed E-state index contributed by atoms with van der Waals surface area (Å²) in [4.78, 5) is 11.9. The van der Waals surface area contributed by atoms with Crippen LogP contribution in [0.4, 0.5) is 0 Å². The average molecular weight is 314 g/mol. The van der Waals surface area contributed by atoms with E-state index in [1.54, 1.807) is 27.9 Å². The molecule has 5 nitrogen and oxygen atoms in total. The van der Waals surface area contributed by atoms with E-state index < -0.39 is 23.5 Å². The molecule has 0 bridgehead atoms. The second-order valence-electron chi connectivity index (χ2n) is 6.89. The molecule has 0 aromatic carbocycles. The fraction of sp³-hybridized carbons (Fsp3) is 0.824. The van der Waals surface area contributed by atoms with E-state index in [9.17, 15) is 9.90 Å². The Kier molecular flexibility index (Phi) is 6.04. The van der Waals surface area contributed by atoms with Crippen molar-refractivity contribution in [2.24, 2.45) is 5.92 Å². The summed E-state index contributed by atoms with van der Waals surface area (Å²) in [6.07, 6.45) is 1.22. The molecule has 0 unspecified atom stereocenters. The van der Waals surface area contributed by atoms with Gasteiger partial charge in [0, 0.05) is 27.4 Å². The van der Waals surface area contributed by atoms with Crippen LogP contribution in [0.1, 0.15) is 60.8 Å². The number of hydrogen-bond acceptors (Lipinski definition) is 5. The van der Waals surface area contributed by atoms with Gasteiger partial charge in [0.2, 0.25) is 5.79 Å². The number of carbonyl (C=O) groups excluding carboxylic acids is 1. The third kappa shape index (κ3) is 4.46. The zero-order valence-corrected chi connectivity index (χ0v) is 14.9. The van der Waals surface area contributed by atoms with Crippen LogP contribution in [0.15, 0.2) is 11.3 Å². The topological polar surface area (TPSA) is 65.0 Å². The van der Waals surface area contributed by atoms with Crippen LogP contribution in [0.5, 0.6) is 0 Å². The van der Waals surface area contributed by atoms with Crippen LogP contribution in [-0.2, 0) is 19.0 Å². The van der Waals surface area contributed by atoms with Crippen molar-refractivity contribution in [3.8, 4) is 0 Å². The highest BCUT2D eigenvalue weighted by molar-refractivity contribution is 5.89. The third-order valence-electron chi connectivity index (χ3n) is 4.43. The predicted octanol–water partition coefficient (Wildman–Crippen LogP) is 3.16. The van der Waals surface area contributed by atoms with Crippen LogP contribution < -0.4 is 0 Å². The molecule has 1 aliphatic rings. The molecule has 0 fully saturated rings. The first kappa shape index (κ1) is 19.0. The van der Waals surface area contributed by atoms with E-state index in [1.165, 1.54) is 0 Å². The zero-order chi connectivity index (χ0) is 17.1. The van der Waals surface area contributed by atoms with Crippen LogP contribution in [0.2, 0.25) is 0 Å². The molecule has 1 aliphatic heterocycles. The summed E-state index contributed by atoms with van der Waals surface area (Å²) in [5, 5.41) is 10.6. The Bertz CT molecular complexity index is 440. The molecule has 22 heavy (non-hydrogen) atoms. The Morgan fingerprint density at radius 2 is 1.95 bits per heavy atom. The maximum Gasteiger partial charge on any atom is 0.340 e. The molecule has 128 valence electrons. The van der Waals surface area contributed by atoms with E-state index in [0.29, 0.717) is 17.3 Å². The number of ether oxygens (including phenoxy) is 3. The molecule has 0 aromatic heterocycles. The first-order chi connectivity index (χ1) is 10.0. The van der Waals surface area contributed by atoms with Gasteiger partial charge in [0.1, 0.15) is 5.76 Å². The van der Waals surface area contributed by atoms with Crippen molar-refractivity contribution in [1.29, 1.82) is 0 Å². The molecule has 0 radical (unpaired) electrons. The highest BCUT2D eigenvalue weighted by Gasteiger charge is 2.39. The van der Waals surface area contributed by atoms with Gasteiger partial charge < -0.3 is 19.3 Å². The molecular formula is C17H30O5. The second kappa shape index (κ2) is 7.01. The van der Waals surface area contributed by atoms with Gasteiger partial charge >= 0.3 is 5.97 Å². The Labute approximate surface area is 133 Å². The second-order valence-corrected chi connectivity index (χ2v) is 6.89. The first-order valence-corrected chi connectivity index (χ1v) is 7.90. The summed E-state index contributed by atoms with van der Waals surface area (Å²) < 4.78 is 16.5. The van der Waals surface area contributed by atoms with Crippen molar-refractivity contribution < 1.29 is 24.1 Å². The van der Waals surface area contributed by atoms with Crippen molar-refractivity contribution in [3.63, 3.8) is 0 Å². The molecule has 5 heteroatoms. The Hall–Kier alpha value is -1.07. The summed E-state index contributed by atoms with van der Waals surface area (Å²) in [5.41, 5.74) is -0.280. The first-order valence-electron chi connectivity index (χ1n) is 7.90. The highest BCUT2D eigenvalue weighted by atomic mass is 16.7. The number of aliphatic hydroxyl groups excluding tert-OH is 1. The molecule has 1 heterocycles. The van der Waals surface area contributed by atoms with Crippen LogP contribution in [-0.4, -0.2) is 35.7 Å². The Morgan fingerprint density at radius 3 is 2.45 bits per heavy atom. The standard InChI is InChI=1S/C17H30O5/c1-8-11(2)10-17(6,20-7)14(18)9-13-12(3)15(19)22-16(4,5)21-13/h11,14,18H,8-10H2,1-7H3/t11-,14+,17-/m0/s1. The number of methoxy groups -OCH3 is 1. The van der Waals surface area contributed by atoms with Crippen molar-refractivity contribution in [2.45, 2.75) is 78.3 Å². The van der Waals surface area contributed by atoms with E-state index >= 15 is 0 Å². The van der Waals surface area contributed by atoms with Gasteiger partial charge in [0.05, 0.1) is 17.3 Å². The quantitative estimate of drug-likeness (QED) is 0.731. The van der Waals surface area contributed by atoms with Crippen molar-refractivity contribution in [1.82, 2.24) is 0 Å². The van der Waals surface area contributed by atoms with Crippen molar-refractivity contribution in [3.05, 3.63) is 11.3 Å². The molecule has 0 saturated heterocycles. The summed E-state index contributed by atoms with van der Waals surface area (Å²) in [6, 6.07) is 0. The maximum absolute atomic E-state index is 11.9. The number of esters is 1. The lowest BCUT2D eigenvalue weighted by atomic mass is 9.85. The average Bonchev–Trinajstić information content (AvgIpc) is 2.43. The monoisotopic (exact) mass is 314 g/mol. The summed E-state index contributed by atoms with van der Waals surface area (Å²) in [6.45, 7) is 11.1. The van der Waals surface area contributed by atoms with Gasteiger partial charge in [-0.15, -0.1) is 0 Å². The van der Waals surface area contributed by atoms with Crippen LogP contribution in [0.25, 0.3) is 0 Å². The predicted molar refractivity (Wildman–Crippen MR) is 84.1 cm³/mol. The largest absolute Gasteiger partial charge is 0.457 e. The van der Waals surface area contributed by atoms with Gasteiger partial charge in [0.25, 0.3) is 0 Å². The van der Waals surface area contributed by atoms with Gasteiger partial charge in [0.15, 0.2) is 0 Å². The van der Waals surface area contributed by atoms with Crippen molar-refractivity contribution >= 4 is 5.97 Å². The van der Waals surface area contributed by atoms with Gasteiger partial charge in [-0.3, -0.25) is 0 Å². The number of rotatable bonds is 7. The fourth-order valence-electron chi connectivity index (χ4n) is 2.59. The lowest BCUT2D eigenvalue weighted by molar-refractivity contribution is -0.211. The lowest BCUT2D eigenvalue weighted by Gasteiger charge is -2.38. The Morgan fingerprint density at radius 1 is 1.36 bits per heavy atom. The van der Waals surface area contributed by atoms with Crippen LogP contribution in [0, 0.1) is 5.92 Å². The zero-order valence-electron chi connectivity index (χ0n) is 14.9. The van der Waals surface area contributed by atoms with Crippen molar-refractivity contribution in [2.75, 3.05) is 7.11 Å². The summed E-state index contributed by atoms with van der Waals surface area (Å²) >= 11 is 0. The molecule has 3 atom stereocenters. The van der Waals surface area contributed by atoms with E-state index in [1.807, 2.05) is 6.92 Å². The molecule has 0 spiro atoms. The number of cyclic esters (lactones) is 1. The van der Waals surface area contributed by atoms with Gasteiger partial charge in [-0.25, -0.2) is 4.79 Å². The van der Waals surface area contributed by atoms with Crippen LogP contribution in [0.3, 0.4) is 0 Å². The van der Waals surface area contributed by atoms with E-state index in [2.05, 4.69) is 13.8 Å². The number of aliphatic hydroxyl groups is 1. The summed E-state index contributed by atoms with van der Waals surface area (Å²) in [5.74, 6) is -0.504. The molecule has 1 rings (SSSR count). The minimum Gasteiger partial charge on any atom is -0.457 e. The molecule has 0 saturated carbocycles. The smallest absolute Gasteiger partial charge is 0.340 e. The van der Waals surface area contributed by atoms with Crippen LogP contribution >= 0.6 is 0 Å². The number of carbonyl (C=O) groups is 1. The van der Waals surface area contributed by atoms with Gasteiger partial charge in [-0.1, -0.05) is 20.3 Å². The number of hydrogen-bond donors (Lipinski definition) is 1. The Balaban J connectivity index is 2.91. The molecule has 0 amide bonds. The maximum atomic E-state index is 11.9. The molecule has 1 N–H and O–H groups in total. The molecule has 0 aliphatic carbocycles. The van der Waals surface area contributed by atoms with E-state index in [-0.39, 0.29) is 6.42 Å². The third-order valence-corrected chi connectivity index (χ3v) is 4.43. The SMILES string of the molecule is CC[C@H](C)C[C@](C)(OC)[C@H](O)CC1=C(C)C(=O)OC(C)(C)O1. The van der Waals surface area contributed by atoms with Gasteiger partial charge in [-0.2, -0.15) is 0 Å². The fourth-order valence-corrected chi connectivity index (χ4v) is 2.59. The molecule has 0 aromatic rings. The minimum absolute atomic E-state index is 0.227. The molecular weight excluding hydrogens is 284 g/mol. The van der Waals surface area contributed by atoms with Gasteiger partial charge in [-0.05, 0) is 26.2 Å². The highest BCUT2D eigenvalue weighted by Crippen LogP contribution is 2.34. The summed E-state index contributed by atoms with van der Waals surface area (Å²) in [7, 11) is 1.60. The lowest BCUT2D eigenvalue weighted by Crippen LogP contribution is -2.44. The van der Waals surface area contributed by atoms with E-state index in [4.69, 9.17) is 14.2 Å².